The molecule has 2 fully saturated rings. The van der Waals surface area contributed by atoms with Gasteiger partial charge < -0.3 is 10.0 Å². The number of anilines is 1. The predicted octanol–water partition coefficient (Wildman–Crippen LogP) is 3.92. The molecule has 4 rings (SSSR count). The number of hydrogen-bond acceptors (Lipinski definition) is 3. The maximum absolute atomic E-state index is 11.0. The SMILES string of the molecule is CC[C@]1(O)CCC[C@H]2CN(c3cc(C)nc4ccccc34)C[C@H]21. The van der Waals surface area contributed by atoms with Gasteiger partial charge in [-0.15, -0.1) is 0 Å². The molecule has 3 atom stereocenters. The van der Waals surface area contributed by atoms with Crippen molar-refractivity contribution >= 4 is 16.6 Å². The molecule has 3 nitrogen and oxygen atoms in total. The molecule has 2 aromatic rings. The summed E-state index contributed by atoms with van der Waals surface area (Å²) in [7, 11) is 0. The Balaban J connectivity index is 1.73. The quantitative estimate of drug-likeness (QED) is 0.913. The van der Waals surface area contributed by atoms with Crippen LogP contribution in [0, 0.1) is 18.8 Å². The summed E-state index contributed by atoms with van der Waals surface area (Å²) in [6.07, 6.45) is 4.26. The summed E-state index contributed by atoms with van der Waals surface area (Å²) in [6.45, 7) is 6.25. The minimum atomic E-state index is -0.463. The molecule has 0 radical (unpaired) electrons. The minimum Gasteiger partial charge on any atom is -0.390 e. The highest BCUT2D eigenvalue weighted by molar-refractivity contribution is 5.92. The van der Waals surface area contributed by atoms with Gasteiger partial charge in [0.15, 0.2) is 0 Å². The second-order valence-electron chi connectivity index (χ2n) is 7.42. The summed E-state index contributed by atoms with van der Waals surface area (Å²) in [6, 6.07) is 10.6. The zero-order chi connectivity index (χ0) is 16.0. The van der Waals surface area contributed by atoms with Crippen molar-refractivity contribution in [3.05, 3.63) is 36.0 Å². The van der Waals surface area contributed by atoms with Gasteiger partial charge in [-0.2, -0.15) is 0 Å². The Morgan fingerprint density at radius 2 is 2.13 bits per heavy atom. The Labute approximate surface area is 138 Å². The lowest BCUT2D eigenvalue weighted by molar-refractivity contribution is -0.0597. The van der Waals surface area contributed by atoms with Crippen molar-refractivity contribution in [3.8, 4) is 0 Å². The molecule has 1 aliphatic heterocycles. The van der Waals surface area contributed by atoms with Crippen LogP contribution in [0.4, 0.5) is 5.69 Å². The van der Waals surface area contributed by atoms with Gasteiger partial charge in [-0.05, 0) is 44.2 Å². The third-order valence-electron chi connectivity index (χ3n) is 6.09. The van der Waals surface area contributed by atoms with Crippen molar-refractivity contribution < 1.29 is 5.11 Å². The average molecular weight is 310 g/mol. The normalized spacial score (nSPS) is 30.7. The average Bonchev–Trinajstić information content (AvgIpc) is 3.00. The van der Waals surface area contributed by atoms with Gasteiger partial charge in [0, 0.05) is 35.8 Å². The van der Waals surface area contributed by atoms with Gasteiger partial charge in [0.05, 0.1) is 11.1 Å². The number of benzene rings is 1. The monoisotopic (exact) mass is 310 g/mol. The molecular formula is C20H26N2O. The topological polar surface area (TPSA) is 36.4 Å². The maximum atomic E-state index is 11.0. The minimum absolute atomic E-state index is 0.411. The van der Waals surface area contributed by atoms with E-state index in [0.29, 0.717) is 11.8 Å². The molecular weight excluding hydrogens is 284 g/mol. The highest BCUT2D eigenvalue weighted by atomic mass is 16.3. The zero-order valence-corrected chi connectivity index (χ0v) is 14.1. The summed E-state index contributed by atoms with van der Waals surface area (Å²) in [5.74, 6) is 1.04. The van der Waals surface area contributed by atoms with Crippen LogP contribution in [-0.2, 0) is 0 Å². The lowest BCUT2D eigenvalue weighted by atomic mass is 9.69. The van der Waals surface area contributed by atoms with Crippen LogP contribution in [0.25, 0.3) is 10.9 Å². The number of para-hydroxylation sites is 1. The third-order valence-corrected chi connectivity index (χ3v) is 6.09. The van der Waals surface area contributed by atoms with E-state index in [1.54, 1.807) is 0 Å². The van der Waals surface area contributed by atoms with Crippen LogP contribution in [0.1, 0.15) is 38.3 Å². The molecule has 0 amide bonds. The fourth-order valence-corrected chi connectivity index (χ4v) is 4.81. The fraction of sp³-hybridized carbons (Fsp3) is 0.550. The number of aromatic nitrogens is 1. The van der Waals surface area contributed by atoms with E-state index in [4.69, 9.17) is 0 Å². The summed E-state index contributed by atoms with van der Waals surface area (Å²) >= 11 is 0. The third kappa shape index (κ3) is 2.42. The summed E-state index contributed by atoms with van der Waals surface area (Å²) in [5, 5.41) is 12.3. The molecule has 1 aliphatic carbocycles. The summed E-state index contributed by atoms with van der Waals surface area (Å²) < 4.78 is 0. The van der Waals surface area contributed by atoms with Crippen LogP contribution in [0.3, 0.4) is 0 Å². The Morgan fingerprint density at radius 1 is 1.30 bits per heavy atom. The second kappa shape index (κ2) is 5.48. The van der Waals surface area contributed by atoms with E-state index in [1.807, 2.05) is 0 Å². The van der Waals surface area contributed by atoms with Crippen LogP contribution in [-0.4, -0.2) is 28.8 Å². The van der Waals surface area contributed by atoms with Gasteiger partial charge >= 0.3 is 0 Å². The van der Waals surface area contributed by atoms with Crippen molar-refractivity contribution in [2.24, 2.45) is 11.8 Å². The standard InChI is InChI=1S/C20H26N2O/c1-3-20(23)10-6-7-15-12-22(13-17(15)20)19-11-14(2)21-18-9-5-4-8-16(18)19/h4-5,8-9,11,15,17,23H,3,6-7,10,12-13H2,1-2H3/t15-,17+,20-/m0/s1. The first-order valence-corrected chi connectivity index (χ1v) is 8.94. The van der Waals surface area contributed by atoms with Crippen molar-refractivity contribution in [2.45, 2.75) is 45.1 Å². The van der Waals surface area contributed by atoms with Gasteiger partial charge in [0.25, 0.3) is 0 Å². The highest BCUT2D eigenvalue weighted by Gasteiger charge is 2.47. The Morgan fingerprint density at radius 3 is 2.96 bits per heavy atom. The first-order valence-electron chi connectivity index (χ1n) is 8.94. The number of aliphatic hydroxyl groups is 1. The Bertz CT molecular complexity index is 729. The molecule has 0 bridgehead atoms. The molecule has 0 spiro atoms. The molecule has 23 heavy (non-hydrogen) atoms. The summed E-state index contributed by atoms with van der Waals surface area (Å²) in [5.41, 5.74) is 2.97. The van der Waals surface area contributed by atoms with E-state index in [1.165, 1.54) is 17.5 Å². The van der Waals surface area contributed by atoms with Crippen LogP contribution < -0.4 is 4.90 Å². The van der Waals surface area contributed by atoms with Gasteiger partial charge in [-0.3, -0.25) is 4.98 Å². The van der Waals surface area contributed by atoms with Crippen LogP contribution in [0.2, 0.25) is 0 Å². The fourth-order valence-electron chi connectivity index (χ4n) is 4.81. The van der Waals surface area contributed by atoms with Crippen LogP contribution >= 0.6 is 0 Å². The molecule has 1 saturated carbocycles. The lowest BCUT2D eigenvalue weighted by Crippen LogP contribution is -2.44. The van der Waals surface area contributed by atoms with Crippen molar-refractivity contribution in [1.82, 2.24) is 4.98 Å². The maximum Gasteiger partial charge on any atom is 0.0726 e. The van der Waals surface area contributed by atoms with E-state index in [9.17, 15) is 5.11 Å². The molecule has 2 heterocycles. The smallest absolute Gasteiger partial charge is 0.0726 e. The zero-order valence-electron chi connectivity index (χ0n) is 14.1. The number of aryl methyl sites for hydroxylation is 1. The predicted molar refractivity (Wildman–Crippen MR) is 94.8 cm³/mol. The van der Waals surface area contributed by atoms with E-state index < -0.39 is 5.60 Å². The number of nitrogens with zero attached hydrogens (tertiary/aromatic N) is 2. The Kier molecular flexibility index (Phi) is 3.56. The number of rotatable bonds is 2. The van der Waals surface area contributed by atoms with Crippen molar-refractivity contribution in [2.75, 3.05) is 18.0 Å². The van der Waals surface area contributed by atoms with E-state index in [2.05, 4.69) is 54.1 Å². The van der Waals surface area contributed by atoms with E-state index >= 15 is 0 Å². The number of pyridine rings is 1. The Hall–Kier alpha value is -1.61. The molecule has 3 heteroatoms. The van der Waals surface area contributed by atoms with Crippen LogP contribution in [0.5, 0.6) is 0 Å². The largest absolute Gasteiger partial charge is 0.390 e. The highest BCUT2D eigenvalue weighted by Crippen LogP contribution is 2.46. The van der Waals surface area contributed by atoms with Gasteiger partial charge in [-0.25, -0.2) is 0 Å². The first kappa shape index (κ1) is 14.9. The molecule has 1 aromatic heterocycles. The molecule has 1 saturated heterocycles. The summed E-state index contributed by atoms with van der Waals surface area (Å²) in [4.78, 5) is 7.17. The van der Waals surface area contributed by atoms with Crippen LogP contribution in [0.15, 0.2) is 30.3 Å². The molecule has 2 aliphatic rings. The van der Waals surface area contributed by atoms with Crippen molar-refractivity contribution in [1.29, 1.82) is 0 Å². The lowest BCUT2D eigenvalue weighted by Gasteiger charge is -2.40. The number of hydrogen-bond donors (Lipinski definition) is 1. The number of fused-ring (bicyclic) bond motifs is 2. The van der Waals surface area contributed by atoms with Crippen molar-refractivity contribution in [3.63, 3.8) is 0 Å². The van der Waals surface area contributed by atoms with E-state index in [0.717, 1.165) is 43.6 Å². The molecule has 1 N–H and O–H groups in total. The van der Waals surface area contributed by atoms with Gasteiger partial charge in [0.2, 0.25) is 0 Å². The molecule has 122 valence electrons. The van der Waals surface area contributed by atoms with Gasteiger partial charge in [-0.1, -0.05) is 31.5 Å². The second-order valence-corrected chi connectivity index (χ2v) is 7.42. The van der Waals surface area contributed by atoms with E-state index in [-0.39, 0.29) is 0 Å². The molecule has 1 aromatic carbocycles. The molecule has 0 unspecified atom stereocenters. The van der Waals surface area contributed by atoms with Gasteiger partial charge in [0.1, 0.15) is 0 Å². The first-order chi connectivity index (χ1) is 11.1.